The maximum absolute atomic E-state index is 12.4. The second kappa shape index (κ2) is 5.40. The molecular weight excluding hydrogens is 244 g/mol. The van der Waals surface area contributed by atoms with Gasteiger partial charge in [0.2, 0.25) is 0 Å². The minimum absolute atomic E-state index is 0.222. The van der Waals surface area contributed by atoms with Gasteiger partial charge in [-0.25, -0.2) is 4.79 Å². The summed E-state index contributed by atoms with van der Waals surface area (Å²) < 4.78 is 0. The Hall–Kier alpha value is -1.88. The number of aryl methyl sites for hydroxylation is 1. The maximum Gasteiger partial charge on any atom is 0.328 e. The molecule has 0 aliphatic carbocycles. The smallest absolute Gasteiger partial charge is 0.328 e. The normalized spacial score (nSPS) is 23.2. The predicted octanol–water partition coefficient (Wildman–Crippen LogP) is 0.882. The SMILES string of the molecule is Cc1ccc(C(=O)N2CCNC(C)C2C(=O)O)cc1. The molecule has 5 heteroatoms. The highest BCUT2D eigenvalue weighted by Crippen LogP contribution is 2.15. The second-order valence-corrected chi connectivity index (χ2v) is 4.89. The largest absolute Gasteiger partial charge is 0.480 e. The number of benzene rings is 1. The molecular formula is C14H18N2O3. The summed E-state index contributed by atoms with van der Waals surface area (Å²) in [6, 6.07) is 6.12. The highest BCUT2D eigenvalue weighted by atomic mass is 16.4. The number of aliphatic carboxylic acids is 1. The Kier molecular flexibility index (Phi) is 3.85. The first-order chi connectivity index (χ1) is 9.00. The third kappa shape index (κ3) is 2.76. The van der Waals surface area contributed by atoms with Crippen LogP contribution in [0.3, 0.4) is 0 Å². The maximum atomic E-state index is 12.4. The molecule has 1 aliphatic heterocycles. The van der Waals surface area contributed by atoms with Gasteiger partial charge in [0.25, 0.3) is 5.91 Å². The van der Waals surface area contributed by atoms with Gasteiger partial charge in [0.1, 0.15) is 6.04 Å². The van der Waals surface area contributed by atoms with Gasteiger partial charge in [-0.2, -0.15) is 0 Å². The molecule has 2 rings (SSSR count). The first-order valence-electron chi connectivity index (χ1n) is 6.34. The van der Waals surface area contributed by atoms with E-state index in [4.69, 9.17) is 0 Å². The molecule has 1 saturated heterocycles. The van der Waals surface area contributed by atoms with Crippen molar-refractivity contribution >= 4 is 11.9 Å². The van der Waals surface area contributed by atoms with Crippen LogP contribution in [0.25, 0.3) is 0 Å². The van der Waals surface area contributed by atoms with Crippen LogP contribution in [0.1, 0.15) is 22.8 Å². The zero-order valence-corrected chi connectivity index (χ0v) is 11.1. The van der Waals surface area contributed by atoms with Crippen LogP contribution in [0.4, 0.5) is 0 Å². The molecule has 102 valence electrons. The number of piperazine rings is 1. The summed E-state index contributed by atoms with van der Waals surface area (Å²) >= 11 is 0. The van der Waals surface area contributed by atoms with E-state index in [2.05, 4.69) is 5.32 Å². The minimum Gasteiger partial charge on any atom is -0.480 e. The lowest BCUT2D eigenvalue weighted by Gasteiger charge is -2.38. The molecule has 0 radical (unpaired) electrons. The number of carboxylic acids is 1. The molecule has 19 heavy (non-hydrogen) atoms. The summed E-state index contributed by atoms with van der Waals surface area (Å²) in [5.74, 6) is -1.19. The van der Waals surface area contributed by atoms with Crippen molar-refractivity contribution < 1.29 is 14.7 Å². The Morgan fingerprint density at radius 2 is 1.95 bits per heavy atom. The van der Waals surface area contributed by atoms with E-state index in [1.165, 1.54) is 4.90 Å². The van der Waals surface area contributed by atoms with E-state index in [0.29, 0.717) is 18.7 Å². The number of carbonyl (C=O) groups excluding carboxylic acids is 1. The van der Waals surface area contributed by atoms with E-state index in [-0.39, 0.29) is 11.9 Å². The Morgan fingerprint density at radius 3 is 2.53 bits per heavy atom. The van der Waals surface area contributed by atoms with E-state index in [0.717, 1.165) is 5.56 Å². The summed E-state index contributed by atoms with van der Waals surface area (Å²) in [5, 5.41) is 12.4. The predicted molar refractivity (Wildman–Crippen MR) is 71.1 cm³/mol. The van der Waals surface area contributed by atoms with E-state index in [1.807, 2.05) is 19.1 Å². The molecule has 1 amide bonds. The summed E-state index contributed by atoms with van der Waals surface area (Å²) in [6.45, 7) is 4.76. The molecule has 2 unspecified atom stereocenters. The van der Waals surface area contributed by atoms with Gasteiger partial charge in [-0.05, 0) is 26.0 Å². The molecule has 1 heterocycles. The summed E-state index contributed by atoms with van der Waals surface area (Å²) in [4.78, 5) is 25.2. The lowest BCUT2D eigenvalue weighted by molar-refractivity contribution is -0.144. The Labute approximate surface area is 112 Å². The number of amides is 1. The van der Waals surface area contributed by atoms with Gasteiger partial charge in [0.05, 0.1) is 0 Å². The van der Waals surface area contributed by atoms with E-state index >= 15 is 0 Å². The van der Waals surface area contributed by atoms with E-state index in [9.17, 15) is 14.7 Å². The highest BCUT2D eigenvalue weighted by molar-refractivity contribution is 5.97. The van der Waals surface area contributed by atoms with Gasteiger partial charge < -0.3 is 15.3 Å². The molecule has 0 aromatic heterocycles. The monoisotopic (exact) mass is 262 g/mol. The van der Waals surface area contributed by atoms with Gasteiger partial charge in [0.15, 0.2) is 0 Å². The van der Waals surface area contributed by atoms with Crippen molar-refractivity contribution in [2.45, 2.75) is 25.9 Å². The van der Waals surface area contributed by atoms with Gasteiger partial charge in [-0.1, -0.05) is 17.7 Å². The van der Waals surface area contributed by atoms with Crippen molar-refractivity contribution in [2.75, 3.05) is 13.1 Å². The number of nitrogens with one attached hydrogen (secondary N) is 1. The van der Waals surface area contributed by atoms with Crippen LogP contribution >= 0.6 is 0 Å². The van der Waals surface area contributed by atoms with E-state index < -0.39 is 12.0 Å². The number of rotatable bonds is 2. The van der Waals surface area contributed by atoms with Crippen molar-refractivity contribution in [1.29, 1.82) is 0 Å². The summed E-state index contributed by atoms with van der Waals surface area (Å²) in [7, 11) is 0. The minimum atomic E-state index is -0.972. The number of hydrogen-bond donors (Lipinski definition) is 2. The van der Waals surface area contributed by atoms with E-state index in [1.54, 1.807) is 19.1 Å². The average Bonchev–Trinajstić information content (AvgIpc) is 2.38. The van der Waals surface area contributed by atoms with Gasteiger partial charge in [-0.15, -0.1) is 0 Å². The molecule has 0 bridgehead atoms. The number of hydrogen-bond acceptors (Lipinski definition) is 3. The molecule has 2 N–H and O–H groups in total. The van der Waals surface area contributed by atoms with Crippen molar-refractivity contribution in [3.8, 4) is 0 Å². The van der Waals surface area contributed by atoms with Crippen LogP contribution in [0.2, 0.25) is 0 Å². The van der Waals surface area contributed by atoms with Gasteiger partial charge in [0, 0.05) is 24.7 Å². The van der Waals surface area contributed by atoms with Crippen molar-refractivity contribution in [2.24, 2.45) is 0 Å². The van der Waals surface area contributed by atoms with Crippen LogP contribution in [-0.2, 0) is 4.79 Å². The van der Waals surface area contributed by atoms with Crippen molar-refractivity contribution in [1.82, 2.24) is 10.2 Å². The highest BCUT2D eigenvalue weighted by Gasteiger charge is 2.37. The zero-order chi connectivity index (χ0) is 14.0. The Bertz CT molecular complexity index is 484. The van der Waals surface area contributed by atoms with Crippen molar-refractivity contribution in [3.05, 3.63) is 35.4 Å². The fraction of sp³-hybridized carbons (Fsp3) is 0.429. The van der Waals surface area contributed by atoms with Gasteiger partial charge >= 0.3 is 5.97 Å². The second-order valence-electron chi connectivity index (χ2n) is 4.89. The number of carbonyl (C=O) groups is 2. The molecule has 1 aromatic rings. The molecule has 1 aliphatic rings. The first kappa shape index (κ1) is 13.5. The third-order valence-electron chi connectivity index (χ3n) is 3.44. The zero-order valence-electron chi connectivity index (χ0n) is 11.1. The van der Waals surface area contributed by atoms with Crippen LogP contribution < -0.4 is 5.32 Å². The Balaban J connectivity index is 2.25. The van der Waals surface area contributed by atoms with Crippen LogP contribution in [0.15, 0.2) is 24.3 Å². The lowest BCUT2D eigenvalue weighted by atomic mass is 10.0. The molecule has 0 spiro atoms. The molecule has 1 fully saturated rings. The third-order valence-corrected chi connectivity index (χ3v) is 3.44. The lowest BCUT2D eigenvalue weighted by Crippen LogP contribution is -2.61. The molecule has 1 aromatic carbocycles. The van der Waals surface area contributed by atoms with Gasteiger partial charge in [-0.3, -0.25) is 4.79 Å². The fourth-order valence-electron chi connectivity index (χ4n) is 2.37. The average molecular weight is 262 g/mol. The molecule has 0 saturated carbocycles. The topological polar surface area (TPSA) is 69.6 Å². The fourth-order valence-corrected chi connectivity index (χ4v) is 2.37. The standard InChI is InChI=1S/C14H18N2O3/c1-9-3-5-11(6-4-9)13(17)16-8-7-15-10(2)12(16)14(18)19/h3-6,10,12,15H,7-8H2,1-2H3,(H,18,19). The summed E-state index contributed by atoms with van der Waals surface area (Å²) in [5.41, 5.74) is 1.60. The number of carboxylic acid groups (broad SMARTS) is 1. The first-order valence-corrected chi connectivity index (χ1v) is 6.34. The summed E-state index contributed by atoms with van der Waals surface area (Å²) in [6.07, 6.45) is 0. The Morgan fingerprint density at radius 1 is 1.32 bits per heavy atom. The quantitative estimate of drug-likeness (QED) is 0.830. The van der Waals surface area contributed by atoms with Crippen LogP contribution in [0, 0.1) is 6.92 Å². The van der Waals surface area contributed by atoms with Crippen molar-refractivity contribution in [3.63, 3.8) is 0 Å². The van der Waals surface area contributed by atoms with Crippen LogP contribution in [0.5, 0.6) is 0 Å². The number of nitrogens with zero attached hydrogens (tertiary/aromatic N) is 1. The van der Waals surface area contributed by atoms with Crippen LogP contribution in [-0.4, -0.2) is 47.1 Å². The molecule has 2 atom stereocenters. The molecule has 5 nitrogen and oxygen atoms in total.